The third-order valence-electron chi connectivity index (χ3n) is 8.80. The summed E-state index contributed by atoms with van der Waals surface area (Å²) in [5.41, 5.74) is 0.0569. The van der Waals surface area contributed by atoms with Gasteiger partial charge in [-0.3, -0.25) is 4.79 Å². The summed E-state index contributed by atoms with van der Waals surface area (Å²) >= 11 is 0. The normalized spacial score (nSPS) is 29.2. The Morgan fingerprint density at radius 2 is 1.85 bits per heavy atom. The number of hydrogen-bond acceptors (Lipinski definition) is 10. The fraction of sp³-hybridized carbons (Fsp3) is 0.433. The lowest BCUT2D eigenvalue weighted by molar-refractivity contribution is -0.180. The molecule has 10 nitrogen and oxygen atoms in total. The van der Waals surface area contributed by atoms with E-state index in [0.717, 1.165) is 11.1 Å². The van der Waals surface area contributed by atoms with Crippen molar-refractivity contribution in [1.29, 1.82) is 0 Å². The number of carbonyl (C=O) groups excluding carboxylic acids is 3. The van der Waals surface area contributed by atoms with Gasteiger partial charge in [0.25, 0.3) is 0 Å². The van der Waals surface area contributed by atoms with E-state index in [0.29, 0.717) is 30.7 Å². The first-order valence-corrected chi connectivity index (χ1v) is 13.4. The summed E-state index contributed by atoms with van der Waals surface area (Å²) in [6, 6.07) is 11.6. The summed E-state index contributed by atoms with van der Waals surface area (Å²) in [5, 5.41) is 22.9. The van der Waals surface area contributed by atoms with Crippen LogP contribution in [0.1, 0.15) is 49.5 Å². The maximum Gasteiger partial charge on any atom is 0.353 e. The minimum atomic E-state index is -1.34. The highest BCUT2D eigenvalue weighted by molar-refractivity contribution is 5.84. The van der Waals surface area contributed by atoms with Gasteiger partial charge in [-0.2, -0.15) is 0 Å². The number of likely N-dealkylation sites (tertiary alicyclic amines) is 1. The van der Waals surface area contributed by atoms with Gasteiger partial charge in [-0.05, 0) is 51.1 Å². The Kier molecular flexibility index (Phi) is 6.15. The molecule has 1 fully saturated rings. The first-order valence-electron chi connectivity index (χ1n) is 13.4. The van der Waals surface area contributed by atoms with Crippen molar-refractivity contribution in [3.8, 4) is 11.5 Å². The zero-order valence-electron chi connectivity index (χ0n) is 22.5. The molecular formula is C30H31NO9. The van der Waals surface area contributed by atoms with E-state index in [9.17, 15) is 24.6 Å². The Morgan fingerprint density at radius 1 is 1.10 bits per heavy atom. The molecule has 2 N–H and O–H groups in total. The fourth-order valence-corrected chi connectivity index (χ4v) is 6.97. The number of phenols is 1. The predicted octanol–water partition coefficient (Wildman–Crippen LogP) is 2.45. The third-order valence-corrected chi connectivity index (χ3v) is 8.80. The average Bonchev–Trinajstić information content (AvgIpc) is 3.29. The third kappa shape index (κ3) is 3.73. The molecule has 0 saturated carbocycles. The molecule has 1 spiro atoms. The number of aliphatic hydroxyl groups is 1. The Labute approximate surface area is 231 Å². The topological polar surface area (TPSA) is 132 Å². The SMILES string of the molecule is CC(=O)O[C@H](C(=O)O[C@@H](C)C(=O)OC1=CC[C@@]2(O)[C@H]3Cc4ccc(O)c5c4[C@@]2(CCN3C)[C@H]1O5)c1ccccc1. The summed E-state index contributed by atoms with van der Waals surface area (Å²) in [7, 11) is 1.99. The molecule has 4 aliphatic rings. The minimum absolute atomic E-state index is 0.0346. The van der Waals surface area contributed by atoms with Gasteiger partial charge in [-0.15, -0.1) is 0 Å². The molecule has 1 saturated heterocycles. The number of piperidine rings is 1. The molecule has 10 heteroatoms. The Balaban J connectivity index is 1.26. The van der Waals surface area contributed by atoms with Gasteiger partial charge in [-0.25, -0.2) is 9.59 Å². The summed E-state index contributed by atoms with van der Waals surface area (Å²) in [4.78, 5) is 39.9. The summed E-state index contributed by atoms with van der Waals surface area (Å²) < 4.78 is 22.6. The summed E-state index contributed by atoms with van der Waals surface area (Å²) in [6.07, 6.45) is -0.521. The highest BCUT2D eigenvalue weighted by Crippen LogP contribution is 2.65. The van der Waals surface area contributed by atoms with Gasteiger partial charge in [0.2, 0.25) is 6.10 Å². The smallest absolute Gasteiger partial charge is 0.353 e. The van der Waals surface area contributed by atoms with Crippen molar-refractivity contribution < 1.29 is 43.5 Å². The van der Waals surface area contributed by atoms with Crippen molar-refractivity contribution in [2.45, 2.75) is 68.5 Å². The molecule has 0 amide bonds. The van der Waals surface area contributed by atoms with Crippen molar-refractivity contribution in [3.63, 3.8) is 0 Å². The van der Waals surface area contributed by atoms with E-state index in [1.54, 1.807) is 42.5 Å². The molecule has 2 aromatic rings. The number of hydrogen-bond donors (Lipinski definition) is 2. The summed E-state index contributed by atoms with van der Waals surface area (Å²) in [5.74, 6) is -1.97. The van der Waals surface area contributed by atoms with Crippen LogP contribution in [0, 0.1) is 0 Å². The van der Waals surface area contributed by atoms with E-state index in [2.05, 4.69) is 4.90 Å². The number of carbonyl (C=O) groups is 3. The van der Waals surface area contributed by atoms with Gasteiger partial charge in [0.05, 0.1) is 11.0 Å². The Bertz CT molecular complexity index is 1420. The molecule has 6 rings (SSSR count). The zero-order chi connectivity index (χ0) is 28.4. The Morgan fingerprint density at radius 3 is 2.58 bits per heavy atom. The molecule has 2 heterocycles. The van der Waals surface area contributed by atoms with Gasteiger partial charge in [-0.1, -0.05) is 36.4 Å². The Hall–Kier alpha value is -3.89. The molecule has 0 radical (unpaired) electrons. The average molecular weight is 550 g/mol. The van der Waals surface area contributed by atoms with E-state index >= 15 is 0 Å². The van der Waals surface area contributed by atoms with Crippen molar-refractivity contribution in [1.82, 2.24) is 4.90 Å². The first-order chi connectivity index (χ1) is 19.1. The molecule has 0 aromatic heterocycles. The second-order valence-corrected chi connectivity index (χ2v) is 11.0. The van der Waals surface area contributed by atoms with Crippen molar-refractivity contribution in [2.24, 2.45) is 0 Å². The molecule has 210 valence electrons. The van der Waals surface area contributed by atoms with E-state index in [4.69, 9.17) is 18.9 Å². The monoisotopic (exact) mass is 549 g/mol. The lowest BCUT2D eigenvalue weighted by Gasteiger charge is -2.61. The van der Waals surface area contributed by atoms with E-state index in [1.807, 2.05) is 13.1 Å². The molecule has 2 aromatic carbocycles. The van der Waals surface area contributed by atoms with Crippen LogP contribution in [0.15, 0.2) is 54.3 Å². The van der Waals surface area contributed by atoms with Crippen molar-refractivity contribution in [3.05, 3.63) is 71.0 Å². The maximum absolute atomic E-state index is 13.2. The van der Waals surface area contributed by atoms with Gasteiger partial charge < -0.3 is 34.1 Å². The van der Waals surface area contributed by atoms with Gasteiger partial charge in [0.15, 0.2) is 23.7 Å². The van der Waals surface area contributed by atoms with Crippen LogP contribution < -0.4 is 4.74 Å². The zero-order valence-corrected chi connectivity index (χ0v) is 22.5. The lowest BCUT2D eigenvalue weighted by atomic mass is 9.50. The van der Waals surface area contributed by atoms with E-state index in [1.165, 1.54) is 13.8 Å². The second kappa shape index (κ2) is 9.35. The molecule has 2 aliphatic carbocycles. The van der Waals surface area contributed by atoms with E-state index in [-0.39, 0.29) is 24.0 Å². The standard InChI is InChI=1S/C30H31NO9/c1-16(37-28(35)24(38-17(2)32)18-7-5-4-6-8-18)27(34)39-21-11-12-30(36)22-15-19-9-10-20(33)25-23(19)29(30,26(21)40-25)13-14-31(22)3/h4-11,16,22,24,26,33,36H,12-15H2,1-3H3/t16-,22+,24-,26-,29-,30+/m0/s1. The quantitative estimate of drug-likeness (QED) is 0.409. The number of esters is 3. The van der Waals surface area contributed by atoms with Gasteiger partial charge >= 0.3 is 17.9 Å². The molecule has 2 bridgehead atoms. The van der Waals surface area contributed by atoms with Gasteiger partial charge in [0.1, 0.15) is 5.76 Å². The summed E-state index contributed by atoms with van der Waals surface area (Å²) in [6.45, 7) is 3.24. The van der Waals surface area contributed by atoms with Crippen molar-refractivity contribution >= 4 is 17.9 Å². The lowest BCUT2D eigenvalue weighted by Crippen LogP contribution is -2.74. The number of benzene rings is 2. The van der Waals surface area contributed by atoms with Crippen LogP contribution in [-0.4, -0.2) is 70.5 Å². The highest BCUT2D eigenvalue weighted by atomic mass is 16.6. The highest BCUT2D eigenvalue weighted by Gasteiger charge is 2.72. The number of ether oxygens (including phenoxy) is 4. The van der Waals surface area contributed by atoms with E-state index < -0.39 is 47.2 Å². The fourth-order valence-electron chi connectivity index (χ4n) is 6.97. The van der Waals surface area contributed by atoms with Gasteiger partial charge in [0, 0.05) is 30.5 Å². The van der Waals surface area contributed by atoms with Crippen LogP contribution in [0.4, 0.5) is 0 Å². The molecular weight excluding hydrogens is 518 g/mol. The predicted molar refractivity (Wildman–Crippen MR) is 139 cm³/mol. The number of likely N-dealkylation sites (N-methyl/N-ethyl adjacent to an activating group) is 1. The number of rotatable bonds is 6. The molecule has 6 atom stereocenters. The van der Waals surface area contributed by atoms with Crippen LogP contribution in [0.3, 0.4) is 0 Å². The molecule has 0 unspecified atom stereocenters. The van der Waals surface area contributed by atoms with Crippen molar-refractivity contribution in [2.75, 3.05) is 13.6 Å². The van der Waals surface area contributed by atoms with Crippen LogP contribution in [0.5, 0.6) is 11.5 Å². The second-order valence-electron chi connectivity index (χ2n) is 11.0. The van der Waals surface area contributed by atoms with Crippen LogP contribution in [-0.2, 0) is 40.4 Å². The number of aromatic hydroxyl groups is 1. The molecule has 40 heavy (non-hydrogen) atoms. The minimum Gasteiger partial charge on any atom is -0.504 e. The first kappa shape index (κ1) is 26.3. The maximum atomic E-state index is 13.2. The van der Waals surface area contributed by atoms with Crippen LogP contribution in [0.2, 0.25) is 0 Å². The molecule has 2 aliphatic heterocycles. The van der Waals surface area contributed by atoms with Crippen LogP contribution in [0.25, 0.3) is 0 Å². The number of nitrogens with zero attached hydrogens (tertiary/aromatic N) is 1. The van der Waals surface area contributed by atoms with Crippen LogP contribution >= 0.6 is 0 Å². The number of phenolic OH excluding ortho intramolecular Hbond substituents is 1. The largest absolute Gasteiger partial charge is 0.504 e.